The summed E-state index contributed by atoms with van der Waals surface area (Å²) in [5.41, 5.74) is 0.208. The third-order valence-electron chi connectivity index (χ3n) is 7.34. The van der Waals surface area contributed by atoms with Crippen molar-refractivity contribution in [2.45, 2.75) is 52.0 Å². The first-order valence-electron chi connectivity index (χ1n) is 12.8. The quantitative estimate of drug-likeness (QED) is 0.454. The van der Waals surface area contributed by atoms with Crippen LogP contribution in [0.4, 0.5) is 20.3 Å². The Morgan fingerprint density at radius 2 is 1.92 bits per heavy atom. The lowest BCUT2D eigenvalue weighted by Crippen LogP contribution is -2.36. The number of morpholine rings is 1. The number of amides is 1. The second kappa shape index (κ2) is 11.0. The molecule has 2 fully saturated rings. The van der Waals surface area contributed by atoms with Gasteiger partial charge in [0.15, 0.2) is 11.4 Å². The van der Waals surface area contributed by atoms with E-state index in [1.165, 1.54) is 12.5 Å². The molecule has 11 heteroatoms. The number of rotatable bonds is 7. The molecule has 1 aliphatic heterocycles. The van der Waals surface area contributed by atoms with Crippen molar-refractivity contribution >= 4 is 17.4 Å². The summed E-state index contributed by atoms with van der Waals surface area (Å²) in [5.74, 6) is 1.63. The Hall–Kier alpha value is -3.34. The highest BCUT2D eigenvalue weighted by molar-refractivity contribution is 6.03. The lowest BCUT2D eigenvalue weighted by atomic mass is 9.80. The number of hydrogen-bond acceptors (Lipinski definition) is 7. The van der Waals surface area contributed by atoms with E-state index in [1.807, 2.05) is 6.07 Å². The van der Waals surface area contributed by atoms with E-state index in [-0.39, 0.29) is 23.3 Å². The number of aromatic nitrogens is 4. The van der Waals surface area contributed by atoms with E-state index < -0.39 is 18.0 Å². The largest absolute Gasteiger partial charge is 0.444 e. The summed E-state index contributed by atoms with van der Waals surface area (Å²) in [6, 6.07) is 3.63. The Labute approximate surface area is 214 Å². The molecule has 3 aromatic heterocycles. The smallest absolute Gasteiger partial charge is 0.284 e. The van der Waals surface area contributed by atoms with E-state index in [0.29, 0.717) is 30.6 Å². The van der Waals surface area contributed by atoms with Gasteiger partial charge < -0.3 is 19.4 Å². The van der Waals surface area contributed by atoms with Crippen LogP contribution >= 0.6 is 0 Å². The van der Waals surface area contributed by atoms with Crippen molar-refractivity contribution in [3.63, 3.8) is 0 Å². The molecule has 1 saturated heterocycles. The highest BCUT2D eigenvalue weighted by atomic mass is 19.3. The summed E-state index contributed by atoms with van der Waals surface area (Å²) >= 11 is 0. The fourth-order valence-corrected chi connectivity index (χ4v) is 5.10. The number of ether oxygens (including phenoxy) is 1. The summed E-state index contributed by atoms with van der Waals surface area (Å²) in [5, 5.41) is 6.71. The van der Waals surface area contributed by atoms with Crippen LogP contribution in [0.2, 0.25) is 0 Å². The zero-order valence-electron chi connectivity index (χ0n) is 21.1. The molecule has 0 atom stereocenters. The normalized spacial score (nSPS) is 20.5. The molecule has 0 bridgehead atoms. The number of carbonyl (C=O) groups excluding carboxylic acids is 1. The highest BCUT2D eigenvalue weighted by Gasteiger charge is 2.28. The predicted octanol–water partition coefficient (Wildman–Crippen LogP) is 5.35. The van der Waals surface area contributed by atoms with Crippen molar-refractivity contribution < 1.29 is 22.7 Å². The Morgan fingerprint density at radius 1 is 1.16 bits per heavy atom. The lowest BCUT2D eigenvalue weighted by molar-refractivity contribution is 0.102. The van der Waals surface area contributed by atoms with Gasteiger partial charge in [-0.15, -0.1) is 0 Å². The molecule has 9 nitrogen and oxygen atoms in total. The molecule has 37 heavy (non-hydrogen) atoms. The van der Waals surface area contributed by atoms with Gasteiger partial charge in [-0.25, -0.2) is 18.7 Å². The average Bonchev–Trinajstić information content (AvgIpc) is 3.58. The number of nitrogens with zero attached hydrogens (tertiary/aromatic N) is 5. The standard InChI is InChI=1S/C26H32F2N6O3/c1-16(2)17-3-5-19(6-4-17)34-14-20(23(32-34)24(27)28)30-25(35)21-15-37-26(31-21)18-7-8-29-22(13-18)33-9-11-36-12-10-33/h7-8,13-17,19,24H,3-6,9-12H2,1-2H3,(H,30,35)/t17-,19-. The monoisotopic (exact) mass is 514 g/mol. The first kappa shape index (κ1) is 25.3. The van der Waals surface area contributed by atoms with Gasteiger partial charge in [-0.3, -0.25) is 9.48 Å². The van der Waals surface area contributed by atoms with Gasteiger partial charge in [0.05, 0.1) is 24.9 Å². The molecule has 5 rings (SSSR count). The van der Waals surface area contributed by atoms with Crippen molar-refractivity contribution in [2.75, 3.05) is 36.5 Å². The zero-order chi connectivity index (χ0) is 25.9. The van der Waals surface area contributed by atoms with Crippen LogP contribution in [0.3, 0.4) is 0 Å². The van der Waals surface area contributed by atoms with Crippen LogP contribution in [0.15, 0.2) is 35.2 Å². The summed E-state index contributed by atoms with van der Waals surface area (Å²) in [7, 11) is 0. The summed E-state index contributed by atoms with van der Waals surface area (Å²) in [6.07, 6.45) is 5.42. The fourth-order valence-electron chi connectivity index (χ4n) is 5.10. The van der Waals surface area contributed by atoms with Crippen LogP contribution in [-0.4, -0.2) is 52.0 Å². The van der Waals surface area contributed by atoms with Crippen molar-refractivity contribution in [1.82, 2.24) is 19.7 Å². The molecule has 0 aromatic carbocycles. The van der Waals surface area contributed by atoms with E-state index in [1.54, 1.807) is 16.9 Å². The van der Waals surface area contributed by atoms with Gasteiger partial charge in [-0.2, -0.15) is 5.10 Å². The Balaban J connectivity index is 1.29. The maximum atomic E-state index is 13.8. The van der Waals surface area contributed by atoms with Crippen molar-refractivity contribution in [1.29, 1.82) is 0 Å². The highest BCUT2D eigenvalue weighted by Crippen LogP contribution is 2.37. The number of pyridine rings is 1. The minimum atomic E-state index is -2.81. The molecule has 1 N–H and O–H groups in total. The minimum Gasteiger partial charge on any atom is -0.444 e. The average molecular weight is 515 g/mol. The second-order valence-corrected chi connectivity index (χ2v) is 10.0. The van der Waals surface area contributed by atoms with E-state index in [4.69, 9.17) is 9.15 Å². The van der Waals surface area contributed by atoms with Crippen molar-refractivity contribution in [2.24, 2.45) is 11.8 Å². The lowest BCUT2D eigenvalue weighted by Gasteiger charge is -2.30. The summed E-state index contributed by atoms with van der Waals surface area (Å²) in [4.78, 5) is 23.7. The number of alkyl halides is 2. The number of halogens is 2. The van der Waals surface area contributed by atoms with Crippen molar-refractivity contribution in [3.8, 4) is 11.5 Å². The Morgan fingerprint density at radius 3 is 2.62 bits per heavy atom. The fraction of sp³-hybridized carbons (Fsp3) is 0.538. The molecule has 1 saturated carbocycles. The van der Waals surface area contributed by atoms with Gasteiger partial charge in [-0.1, -0.05) is 13.8 Å². The van der Waals surface area contributed by atoms with Crippen LogP contribution in [-0.2, 0) is 4.74 Å². The first-order chi connectivity index (χ1) is 17.9. The van der Waals surface area contributed by atoms with Crippen LogP contribution in [0.1, 0.15) is 68.2 Å². The summed E-state index contributed by atoms with van der Waals surface area (Å²) in [6.45, 7) is 7.16. The topological polar surface area (TPSA) is 98.3 Å². The molecule has 3 aromatic rings. The van der Waals surface area contributed by atoms with Gasteiger partial charge in [-0.05, 0) is 49.7 Å². The molecule has 1 amide bonds. The van der Waals surface area contributed by atoms with Crippen LogP contribution in [0, 0.1) is 11.8 Å². The van der Waals surface area contributed by atoms with Gasteiger partial charge in [0.2, 0.25) is 5.89 Å². The molecule has 198 valence electrons. The van der Waals surface area contributed by atoms with Crippen LogP contribution in [0.5, 0.6) is 0 Å². The van der Waals surface area contributed by atoms with E-state index in [0.717, 1.165) is 44.6 Å². The Kier molecular flexibility index (Phi) is 7.50. The van der Waals surface area contributed by atoms with Gasteiger partial charge in [0, 0.05) is 31.0 Å². The minimum absolute atomic E-state index is 0.00551. The Bertz CT molecular complexity index is 1210. The number of anilines is 2. The number of hydrogen-bond donors (Lipinski definition) is 1. The van der Waals surface area contributed by atoms with Gasteiger partial charge in [0.1, 0.15) is 12.1 Å². The maximum Gasteiger partial charge on any atom is 0.284 e. The third kappa shape index (κ3) is 5.66. The van der Waals surface area contributed by atoms with E-state index >= 15 is 0 Å². The van der Waals surface area contributed by atoms with E-state index in [2.05, 4.69) is 39.1 Å². The van der Waals surface area contributed by atoms with Crippen molar-refractivity contribution in [3.05, 3.63) is 42.2 Å². The molecule has 2 aliphatic rings. The molecule has 4 heterocycles. The number of oxazole rings is 1. The molecule has 0 spiro atoms. The maximum absolute atomic E-state index is 13.8. The second-order valence-electron chi connectivity index (χ2n) is 10.0. The molecule has 0 unspecified atom stereocenters. The molecular formula is C26H32F2N6O3. The van der Waals surface area contributed by atoms with Crippen LogP contribution < -0.4 is 10.2 Å². The number of nitrogens with one attached hydrogen (secondary N) is 1. The molecular weight excluding hydrogens is 482 g/mol. The number of carbonyl (C=O) groups is 1. The molecule has 1 aliphatic carbocycles. The molecule has 0 radical (unpaired) electrons. The summed E-state index contributed by atoms with van der Waals surface area (Å²) < 4.78 is 40.1. The van der Waals surface area contributed by atoms with E-state index in [9.17, 15) is 13.6 Å². The first-order valence-corrected chi connectivity index (χ1v) is 12.8. The zero-order valence-corrected chi connectivity index (χ0v) is 21.1. The predicted molar refractivity (Wildman–Crippen MR) is 134 cm³/mol. The SMILES string of the molecule is CC(C)[C@H]1CC[C@H](n2cc(NC(=O)c3coc(-c4ccnc(N5CCOCC5)c4)n3)c(C(F)F)n2)CC1. The van der Waals surface area contributed by atoms with Gasteiger partial charge >= 0.3 is 0 Å². The van der Waals surface area contributed by atoms with Crippen LogP contribution in [0.25, 0.3) is 11.5 Å². The third-order valence-corrected chi connectivity index (χ3v) is 7.34. The van der Waals surface area contributed by atoms with Gasteiger partial charge in [0.25, 0.3) is 12.3 Å².